The van der Waals surface area contributed by atoms with E-state index < -0.39 is 0 Å². The van der Waals surface area contributed by atoms with Gasteiger partial charge in [-0.1, -0.05) is 38.3 Å². The molecule has 1 aliphatic rings. The fourth-order valence-electron chi connectivity index (χ4n) is 2.47. The average molecular weight is 272 g/mol. The van der Waals surface area contributed by atoms with Gasteiger partial charge in [-0.2, -0.15) is 11.8 Å². The van der Waals surface area contributed by atoms with Gasteiger partial charge in [0, 0.05) is 17.5 Å². The third-order valence-electron chi connectivity index (χ3n) is 3.77. The summed E-state index contributed by atoms with van der Waals surface area (Å²) in [5.74, 6) is 1.14. The molecular weight excluding hydrogens is 244 g/mol. The second-order valence-electron chi connectivity index (χ2n) is 4.93. The first kappa shape index (κ1) is 15.8. The maximum atomic E-state index is 9.14. The fraction of sp³-hybridized carbons (Fsp3) is 0.929. The quantitative estimate of drug-likeness (QED) is 0.592. The topological polar surface area (TPSA) is 35.8 Å². The van der Waals surface area contributed by atoms with Crippen molar-refractivity contribution in [3.05, 3.63) is 0 Å². The zero-order chi connectivity index (χ0) is 13.2. The van der Waals surface area contributed by atoms with Gasteiger partial charge < -0.3 is 10.1 Å². The van der Waals surface area contributed by atoms with Crippen LogP contribution in [-0.2, 0) is 0 Å². The van der Waals surface area contributed by atoms with Crippen molar-refractivity contribution >= 4 is 17.5 Å². The van der Waals surface area contributed by atoms with Crippen LogP contribution in [0.25, 0.3) is 0 Å². The van der Waals surface area contributed by atoms with Gasteiger partial charge in [0.25, 0.3) is 0 Å². The zero-order valence-electron chi connectivity index (χ0n) is 11.9. The van der Waals surface area contributed by atoms with Gasteiger partial charge in [0.05, 0.1) is 5.71 Å². The maximum absolute atomic E-state index is 9.14. The highest BCUT2D eigenvalue weighted by molar-refractivity contribution is 8.00. The molecule has 3 nitrogen and oxygen atoms in total. The molecule has 0 aromatic heterocycles. The molecule has 0 saturated heterocycles. The molecule has 1 N–H and O–H groups in total. The predicted molar refractivity (Wildman–Crippen MR) is 81.0 cm³/mol. The zero-order valence-corrected chi connectivity index (χ0v) is 12.7. The number of thioether (sulfide) groups is 1. The van der Waals surface area contributed by atoms with Gasteiger partial charge in [-0.25, -0.2) is 0 Å². The molecule has 0 aliphatic heterocycles. The molecule has 4 heteroatoms. The van der Waals surface area contributed by atoms with Crippen molar-refractivity contribution < 1.29 is 5.21 Å². The maximum Gasteiger partial charge on any atom is 0.0700 e. The van der Waals surface area contributed by atoms with Gasteiger partial charge in [-0.3, -0.25) is 0 Å². The summed E-state index contributed by atoms with van der Waals surface area (Å²) in [5, 5.41) is 13.1. The number of rotatable bonds is 6. The molecule has 0 heterocycles. The Kier molecular flexibility index (Phi) is 8.51. The molecule has 1 unspecified atom stereocenters. The van der Waals surface area contributed by atoms with Gasteiger partial charge in [0.2, 0.25) is 0 Å². The number of oxime groups is 1. The Bertz CT molecular complexity index is 242. The first-order valence-corrected chi connectivity index (χ1v) is 8.41. The molecule has 0 amide bonds. The summed E-state index contributed by atoms with van der Waals surface area (Å²) in [6, 6.07) is 0. The number of hydrogen-bond acceptors (Lipinski definition) is 4. The molecule has 0 radical (unpaired) electrons. The van der Waals surface area contributed by atoms with Gasteiger partial charge in [0.15, 0.2) is 0 Å². The lowest BCUT2D eigenvalue weighted by Crippen LogP contribution is -2.27. The second-order valence-corrected chi connectivity index (χ2v) is 6.24. The molecule has 1 aliphatic carbocycles. The lowest BCUT2D eigenvalue weighted by atomic mass is 9.99. The second kappa shape index (κ2) is 9.68. The van der Waals surface area contributed by atoms with Gasteiger partial charge >= 0.3 is 0 Å². The molecule has 0 bridgehead atoms. The number of hydrogen-bond donors (Lipinski definition) is 1. The van der Waals surface area contributed by atoms with E-state index in [0.29, 0.717) is 5.25 Å². The van der Waals surface area contributed by atoms with Crippen LogP contribution in [0.2, 0.25) is 0 Å². The van der Waals surface area contributed by atoms with E-state index in [0.717, 1.165) is 37.5 Å². The van der Waals surface area contributed by atoms with E-state index in [2.05, 4.69) is 23.9 Å². The van der Waals surface area contributed by atoms with E-state index in [1.807, 2.05) is 11.8 Å². The largest absolute Gasteiger partial charge is 0.411 e. The molecule has 1 atom stereocenters. The van der Waals surface area contributed by atoms with Crippen molar-refractivity contribution in [3.8, 4) is 0 Å². The van der Waals surface area contributed by atoms with Crippen molar-refractivity contribution in [3.63, 3.8) is 0 Å². The highest BCUT2D eigenvalue weighted by Crippen LogP contribution is 2.25. The average Bonchev–Trinajstić information content (AvgIpc) is 2.37. The Hall–Kier alpha value is -0.220. The van der Waals surface area contributed by atoms with Crippen LogP contribution in [0, 0.1) is 0 Å². The van der Waals surface area contributed by atoms with E-state index in [4.69, 9.17) is 5.21 Å². The van der Waals surface area contributed by atoms with E-state index in [1.54, 1.807) is 0 Å². The molecule has 1 saturated carbocycles. The molecule has 0 spiro atoms. The molecule has 0 aromatic carbocycles. The summed E-state index contributed by atoms with van der Waals surface area (Å²) in [7, 11) is 0. The highest BCUT2D eigenvalue weighted by Gasteiger charge is 2.19. The van der Waals surface area contributed by atoms with E-state index in [1.165, 1.54) is 32.1 Å². The summed E-state index contributed by atoms with van der Waals surface area (Å²) in [6.07, 6.45) is 7.26. The van der Waals surface area contributed by atoms with Crippen LogP contribution in [0.4, 0.5) is 0 Å². The Morgan fingerprint density at radius 3 is 2.61 bits per heavy atom. The standard InChI is InChI=1S/C14H28N2OS/c1-3-16(4-2)11-12-18-14-10-8-6-5-7-9-13(14)15-17/h14,17H,3-12H2,1-2H3. The van der Waals surface area contributed by atoms with Gasteiger partial charge in [-0.05, 0) is 32.4 Å². The summed E-state index contributed by atoms with van der Waals surface area (Å²) < 4.78 is 0. The van der Waals surface area contributed by atoms with Crippen LogP contribution < -0.4 is 0 Å². The van der Waals surface area contributed by atoms with Crippen molar-refractivity contribution in [2.45, 2.75) is 57.6 Å². The Labute approximate surface area is 116 Å². The normalized spacial score (nSPS) is 24.2. The molecule has 1 fully saturated rings. The van der Waals surface area contributed by atoms with Crippen LogP contribution >= 0.6 is 11.8 Å². The Morgan fingerprint density at radius 1 is 1.22 bits per heavy atom. The predicted octanol–water partition coefficient (Wildman–Crippen LogP) is 3.61. The summed E-state index contributed by atoms with van der Waals surface area (Å²) in [5.41, 5.74) is 1.03. The lowest BCUT2D eigenvalue weighted by molar-refractivity contribution is 0.315. The van der Waals surface area contributed by atoms with Crippen molar-refractivity contribution in [1.82, 2.24) is 4.90 Å². The van der Waals surface area contributed by atoms with Crippen molar-refractivity contribution in [1.29, 1.82) is 0 Å². The van der Waals surface area contributed by atoms with Crippen LogP contribution in [0.5, 0.6) is 0 Å². The van der Waals surface area contributed by atoms with Crippen LogP contribution in [0.3, 0.4) is 0 Å². The third kappa shape index (κ3) is 5.61. The first-order chi connectivity index (χ1) is 8.81. The minimum absolute atomic E-state index is 0.450. The van der Waals surface area contributed by atoms with Crippen LogP contribution in [-0.4, -0.2) is 46.5 Å². The Balaban J connectivity index is 2.36. The third-order valence-corrected chi connectivity index (χ3v) is 5.10. The fourth-order valence-corrected chi connectivity index (χ4v) is 3.81. The smallest absolute Gasteiger partial charge is 0.0700 e. The summed E-state index contributed by atoms with van der Waals surface area (Å²) in [4.78, 5) is 2.45. The first-order valence-electron chi connectivity index (χ1n) is 7.36. The van der Waals surface area contributed by atoms with Crippen LogP contribution in [0.1, 0.15) is 52.4 Å². The minimum atomic E-state index is 0.450. The Morgan fingerprint density at radius 2 is 1.94 bits per heavy atom. The van der Waals surface area contributed by atoms with Crippen molar-refractivity contribution in [2.75, 3.05) is 25.4 Å². The summed E-state index contributed by atoms with van der Waals surface area (Å²) in [6.45, 7) is 7.83. The molecule has 106 valence electrons. The van der Waals surface area contributed by atoms with Crippen molar-refractivity contribution in [2.24, 2.45) is 5.16 Å². The SMILES string of the molecule is CCN(CC)CCSC1CCCCCCC1=NO. The lowest BCUT2D eigenvalue weighted by Gasteiger charge is -2.23. The highest BCUT2D eigenvalue weighted by atomic mass is 32.2. The van der Waals surface area contributed by atoms with E-state index in [9.17, 15) is 0 Å². The molecule has 18 heavy (non-hydrogen) atoms. The van der Waals surface area contributed by atoms with Gasteiger partial charge in [-0.15, -0.1) is 0 Å². The monoisotopic (exact) mass is 272 g/mol. The van der Waals surface area contributed by atoms with Gasteiger partial charge in [0.1, 0.15) is 0 Å². The summed E-state index contributed by atoms with van der Waals surface area (Å²) >= 11 is 1.98. The molecular formula is C14H28N2OS. The molecule has 1 rings (SSSR count). The van der Waals surface area contributed by atoms with E-state index >= 15 is 0 Å². The minimum Gasteiger partial charge on any atom is -0.411 e. The molecule has 0 aromatic rings. The van der Waals surface area contributed by atoms with E-state index in [-0.39, 0.29) is 0 Å². The van der Waals surface area contributed by atoms with Crippen LogP contribution in [0.15, 0.2) is 5.16 Å². The number of nitrogens with zero attached hydrogens (tertiary/aromatic N) is 2.